The molecule has 0 amide bonds. The van der Waals surface area contributed by atoms with Gasteiger partial charge in [0.1, 0.15) is 12.4 Å². The zero-order valence-electron chi connectivity index (χ0n) is 8.50. The number of carbonyl (C=O) groups is 1. The molecule has 1 aromatic rings. The van der Waals surface area contributed by atoms with Crippen LogP contribution in [0, 0.1) is 0 Å². The van der Waals surface area contributed by atoms with Crippen LogP contribution in [0.25, 0.3) is 0 Å². The average Bonchev–Trinajstić information content (AvgIpc) is 2.16. The van der Waals surface area contributed by atoms with Gasteiger partial charge in [-0.15, -0.1) is 0 Å². The highest BCUT2D eigenvalue weighted by Crippen LogP contribution is 2.30. The van der Waals surface area contributed by atoms with Gasteiger partial charge in [0.2, 0.25) is 0 Å². The van der Waals surface area contributed by atoms with Crippen LogP contribution >= 0.6 is 23.2 Å². The largest absolute Gasteiger partial charge is 0.491 e. The predicted molar refractivity (Wildman–Crippen MR) is 60.8 cm³/mol. The normalized spacial score (nSPS) is 10.2. The third-order valence-electron chi connectivity index (χ3n) is 1.79. The molecule has 0 unspecified atom stereocenters. The highest BCUT2D eigenvalue weighted by molar-refractivity contribution is 6.39. The van der Waals surface area contributed by atoms with Gasteiger partial charge in [0, 0.05) is 7.11 Å². The molecule has 88 valence electrons. The first kappa shape index (κ1) is 13.1. The Morgan fingerprint density at radius 1 is 1.31 bits per heavy atom. The van der Waals surface area contributed by atoms with Crippen molar-refractivity contribution in [2.75, 3.05) is 20.3 Å². The standard InChI is InChI=1S/C10H10Cl2O4/c1-15-2-3-16-6-4-7(11)9(10(13)14)8(12)5-6/h4-5H,2-3H2,1H3,(H,13,14). The lowest BCUT2D eigenvalue weighted by Crippen LogP contribution is -2.05. The Hall–Kier alpha value is -0.970. The molecule has 1 aromatic carbocycles. The highest BCUT2D eigenvalue weighted by Gasteiger charge is 2.15. The molecule has 6 heteroatoms. The Labute approximate surface area is 103 Å². The smallest absolute Gasteiger partial charge is 0.338 e. The van der Waals surface area contributed by atoms with Gasteiger partial charge < -0.3 is 14.6 Å². The number of methoxy groups -OCH3 is 1. The Bertz CT molecular complexity index is 369. The lowest BCUT2D eigenvalue weighted by Gasteiger charge is -2.08. The van der Waals surface area contributed by atoms with Crippen molar-refractivity contribution in [3.05, 3.63) is 27.7 Å². The molecule has 0 fully saturated rings. The van der Waals surface area contributed by atoms with E-state index in [1.165, 1.54) is 12.1 Å². The molecule has 0 aliphatic heterocycles. The fraction of sp³-hybridized carbons (Fsp3) is 0.300. The van der Waals surface area contributed by atoms with Gasteiger partial charge in [-0.3, -0.25) is 0 Å². The van der Waals surface area contributed by atoms with E-state index in [1.807, 2.05) is 0 Å². The molecule has 0 saturated carbocycles. The van der Waals surface area contributed by atoms with Gasteiger partial charge in [-0.1, -0.05) is 23.2 Å². The summed E-state index contributed by atoms with van der Waals surface area (Å²) in [4.78, 5) is 10.8. The molecule has 0 heterocycles. The van der Waals surface area contributed by atoms with E-state index in [1.54, 1.807) is 7.11 Å². The van der Waals surface area contributed by atoms with Crippen molar-refractivity contribution in [1.29, 1.82) is 0 Å². The number of halogens is 2. The third-order valence-corrected chi connectivity index (χ3v) is 2.38. The Balaban J connectivity index is 2.87. The molecular formula is C10H10Cl2O4. The maximum absolute atomic E-state index is 10.8. The molecule has 1 rings (SSSR count). The minimum atomic E-state index is -1.17. The summed E-state index contributed by atoms with van der Waals surface area (Å²) in [5.41, 5.74) is -0.123. The van der Waals surface area contributed by atoms with Gasteiger partial charge in [0.15, 0.2) is 0 Å². The number of ether oxygens (including phenoxy) is 2. The van der Waals surface area contributed by atoms with Gasteiger partial charge in [-0.25, -0.2) is 4.79 Å². The lowest BCUT2D eigenvalue weighted by atomic mass is 10.2. The van der Waals surface area contributed by atoms with Gasteiger partial charge in [-0.2, -0.15) is 0 Å². The van der Waals surface area contributed by atoms with E-state index in [4.69, 9.17) is 37.8 Å². The minimum Gasteiger partial charge on any atom is -0.491 e. The Kier molecular flexibility index (Phi) is 4.86. The third kappa shape index (κ3) is 3.27. The van der Waals surface area contributed by atoms with Crippen molar-refractivity contribution < 1.29 is 19.4 Å². The number of aromatic carboxylic acids is 1. The quantitative estimate of drug-likeness (QED) is 0.831. The predicted octanol–water partition coefficient (Wildman–Crippen LogP) is 2.72. The van der Waals surface area contributed by atoms with E-state index in [2.05, 4.69) is 0 Å². The SMILES string of the molecule is COCCOc1cc(Cl)c(C(=O)O)c(Cl)c1. The fourth-order valence-corrected chi connectivity index (χ4v) is 1.71. The summed E-state index contributed by atoms with van der Waals surface area (Å²) in [5, 5.41) is 8.92. The number of hydrogen-bond acceptors (Lipinski definition) is 3. The molecule has 4 nitrogen and oxygen atoms in total. The van der Waals surface area contributed by atoms with Crippen molar-refractivity contribution in [3.8, 4) is 5.75 Å². The van der Waals surface area contributed by atoms with Gasteiger partial charge >= 0.3 is 5.97 Å². The summed E-state index contributed by atoms with van der Waals surface area (Å²) in [6.45, 7) is 0.769. The molecule has 1 N–H and O–H groups in total. The Morgan fingerprint density at radius 2 is 1.88 bits per heavy atom. The fourth-order valence-electron chi connectivity index (χ4n) is 1.08. The molecule has 16 heavy (non-hydrogen) atoms. The second-order valence-corrected chi connectivity index (χ2v) is 3.72. The van der Waals surface area contributed by atoms with Crippen LogP contribution in [0.3, 0.4) is 0 Å². The molecule has 0 radical (unpaired) electrons. The second kappa shape index (κ2) is 5.94. The second-order valence-electron chi connectivity index (χ2n) is 2.91. The molecule has 0 saturated heterocycles. The van der Waals surface area contributed by atoms with E-state index in [0.29, 0.717) is 19.0 Å². The first-order valence-electron chi connectivity index (χ1n) is 4.40. The lowest BCUT2D eigenvalue weighted by molar-refractivity contribution is 0.0697. The maximum atomic E-state index is 10.8. The number of hydrogen-bond donors (Lipinski definition) is 1. The molecule has 0 aromatic heterocycles. The van der Waals surface area contributed by atoms with E-state index in [9.17, 15) is 4.79 Å². The summed E-state index contributed by atoms with van der Waals surface area (Å²) in [7, 11) is 1.55. The van der Waals surface area contributed by atoms with E-state index >= 15 is 0 Å². The van der Waals surface area contributed by atoms with E-state index in [-0.39, 0.29) is 15.6 Å². The summed E-state index contributed by atoms with van der Waals surface area (Å²) < 4.78 is 10.1. The van der Waals surface area contributed by atoms with E-state index in [0.717, 1.165) is 0 Å². The number of carboxylic acid groups (broad SMARTS) is 1. The molecule has 0 atom stereocenters. The van der Waals surface area contributed by atoms with Gasteiger partial charge in [0.05, 0.1) is 22.2 Å². The minimum absolute atomic E-state index is 0.0485. The van der Waals surface area contributed by atoms with Crippen molar-refractivity contribution in [2.45, 2.75) is 0 Å². The van der Waals surface area contributed by atoms with Crippen LogP contribution < -0.4 is 4.74 Å². The monoisotopic (exact) mass is 264 g/mol. The zero-order valence-corrected chi connectivity index (χ0v) is 10.0. The van der Waals surface area contributed by atoms with Gasteiger partial charge in [-0.05, 0) is 12.1 Å². The van der Waals surface area contributed by atoms with Crippen LogP contribution in [-0.2, 0) is 4.74 Å². The summed E-state index contributed by atoms with van der Waals surface area (Å²) in [6.07, 6.45) is 0. The van der Waals surface area contributed by atoms with Gasteiger partial charge in [0.25, 0.3) is 0 Å². The summed E-state index contributed by atoms with van der Waals surface area (Å²) >= 11 is 11.5. The number of rotatable bonds is 5. The van der Waals surface area contributed by atoms with Crippen molar-refractivity contribution in [3.63, 3.8) is 0 Å². The van der Waals surface area contributed by atoms with Crippen LogP contribution in [0.5, 0.6) is 5.75 Å². The maximum Gasteiger partial charge on any atom is 0.338 e. The number of benzene rings is 1. The number of carboxylic acids is 1. The topological polar surface area (TPSA) is 55.8 Å². The molecular weight excluding hydrogens is 255 g/mol. The highest BCUT2D eigenvalue weighted by atomic mass is 35.5. The summed E-state index contributed by atoms with van der Waals surface area (Å²) in [6, 6.07) is 2.82. The van der Waals surface area contributed by atoms with Crippen molar-refractivity contribution >= 4 is 29.2 Å². The van der Waals surface area contributed by atoms with Crippen LogP contribution in [0.15, 0.2) is 12.1 Å². The molecule has 0 aliphatic rings. The zero-order chi connectivity index (χ0) is 12.1. The van der Waals surface area contributed by atoms with E-state index < -0.39 is 5.97 Å². The molecule has 0 bridgehead atoms. The average molecular weight is 265 g/mol. The Morgan fingerprint density at radius 3 is 2.31 bits per heavy atom. The molecule has 0 spiro atoms. The summed E-state index contributed by atoms with van der Waals surface area (Å²) in [5.74, 6) is -0.754. The van der Waals surface area contributed by atoms with Crippen molar-refractivity contribution in [1.82, 2.24) is 0 Å². The first-order valence-corrected chi connectivity index (χ1v) is 5.16. The van der Waals surface area contributed by atoms with Crippen molar-refractivity contribution in [2.24, 2.45) is 0 Å². The van der Waals surface area contributed by atoms with Crippen LogP contribution in [-0.4, -0.2) is 31.4 Å². The van der Waals surface area contributed by atoms with Crippen LogP contribution in [0.2, 0.25) is 10.0 Å². The first-order chi connectivity index (χ1) is 7.56. The van der Waals surface area contributed by atoms with Crippen LogP contribution in [0.4, 0.5) is 0 Å². The molecule has 0 aliphatic carbocycles. The van der Waals surface area contributed by atoms with Crippen LogP contribution in [0.1, 0.15) is 10.4 Å².